The predicted molar refractivity (Wildman–Crippen MR) is 240 cm³/mol. The first kappa shape index (κ1) is 47.2. The topological polar surface area (TPSA) is 208 Å². The van der Waals surface area contributed by atoms with Gasteiger partial charge in [-0.2, -0.15) is 0 Å². The maximum Gasteiger partial charge on any atom is 0.349 e. The Hall–Kier alpha value is -5.74. The number of anilines is 2. The molecule has 0 saturated carbocycles. The summed E-state index contributed by atoms with van der Waals surface area (Å²) >= 11 is 0. The first-order valence-electron chi connectivity index (χ1n) is 22.8. The van der Waals surface area contributed by atoms with Crippen molar-refractivity contribution in [2.24, 2.45) is 0 Å². The number of benzene rings is 2. The molecule has 7 rings (SSSR count). The van der Waals surface area contributed by atoms with Crippen molar-refractivity contribution in [3.05, 3.63) is 74.6 Å². The van der Waals surface area contributed by atoms with Gasteiger partial charge in [0, 0.05) is 106 Å². The Bertz CT molecular complexity index is 2290. The molecule has 4 unspecified atom stereocenters. The molecule has 0 bridgehead atoms. The standard InChI is InChI=1S/C47H60F2N10O6/c1-29(60)57-22-17-37(36(27-57)45(52-3)58-19-8-10-30-23-34(32(25-50)26-51-2)35(44(48)49)24-39(30)58)54-33-15-20-56(21-16-33)42(62)12-5-4-6-18-53-38-11-7-9-31-28-59(65,47(64)43(31)38)40-13-14-41(61)55-46(40)63/h7,9,11,23-25,32-33,40,44-45,50-54H,6,8,10,12-22,26-28H2,1-3H3,(H,55,61,63)/p+2. The van der Waals surface area contributed by atoms with Crippen LogP contribution in [-0.4, -0.2) is 128 Å². The fourth-order valence-corrected chi connectivity index (χ4v) is 10.2. The van der Waals surface area contributed by atoms with Gasteiger partial charge in [-0.3, -0.25) is 34.6 Å². The van der Waals surface area contributed by atoms with Crippen molar-refractivity contribution in [3.63, 3.8) is 0 Å². The van der Waals surface area contributed by atoms with E-state index in [1.54, 1.807) is 38.2 Å². The summed E-state index contributed by atoms with van der Waals surface area (Å²) < 4.78 is 28.0. The van der Waals surface area contributed by atoms with Crippen LogP contribution >= 0.6 is 0 Å². The van der Waals surface area contributed by atoms with E-state index >= 15 is 0 Å². The number of carbonyl (C=O) groups excluding carboxylic acids is 5. The van der Waals surface area contributed by atoms with Gasteiger partial charge in [-0.25, -0.2) is 13.6 Å². The van der Waals surface area contributed by atoms with E-state index < -0.39 is 34.8 Å². The maximum atomic E-state index is 14.7. The monoisotopic (exact) mass is 900 g/mol. The van der Waals surface area contributed by atoms with Crippen LogP contribution in [0.3, 0.4) is 0 Å². The lowest BCUT2D eigenvalue weighted by Gasteiger charge is -2.42. The second kappa shape index (κ2) is 20.6. The van der Waals surface area contributed by atoms with Crippen LogP contribution in [0, 0.1) is 17.0 Å². The number of aryl methyl sites for hydroxylation is 1. The van der Waals surface area contributed by atoms with Gasteiger partial charge in [0.2, 0.25) is 17.7 Å². The molecule has 5 aliphatic heterocycles. The summed E-state index contributed by atoms with van der Waals surface area (Å²) in [7, 11) is 3.76. The summed E-state index contributed by atoms with van der Waals surface area (Å²) in [6, 6.07) is 7.62. The third kappa shape index (κ3) is 10.1. The van der Waals surface area contributed by atoms with E-state index in [4.69, 9.17) is 5.41 Å². The van der Waals surface area contributed by atoms with E-state index in [1.807, 2.05) is 22.9 Å². The van der Waals surface area contributed by atoms with Crippen molar-refractivity contribution in [2.45, 2.75) is 102 Å². The normalized spacial score (nSPS) is 22.2. The number of nitrogens with two attached hydrogens (primary N) is 2. The van der Waals surface area contributed by atoms with Crippen molar-refractivity contribution >= 4 is 47.1 Å². The Morgan fingerprint density at radius 3 is 2.51 bits per heavy atom. The first-order valence-corrected chi connectivity index (χ1v) is 22.8. The summed E-state index contributed by atoms with van der Waals surface area (Å²) in [4.78, 5) is 69.4. The quantitative estimate of drug-likeness (QED) is 0.0370. The van der Waals surface area contributed by atoms with E-state index in [0.717, 1.165) is 48.2 Å². The Labute approximate surface area is 378 Å². The highest BCUT2D eigenvalue weighted by atomic mass is 19.3. The molecule has 5 amide bonds. The number of hydrogen-bond donors (Lipinski definition) is 6. The molecule has 8 N–H and O–H groups in total. The van der Waals surface area contributed by atoms with Crippen LogP contribution in [0.4, 0.5) is 20.2 Å². The van der Waals surface area contributed by atoms with Crippen molar-refractivity contribution in [2.75, 3.05) is 70.1 Å². The van der Waals surface area contributed by atoms with Crippen LogP contribution in [0.1, 0.15) is 103 Å². The number of nitrogens with zero attached hydrogens (tertiary/aromatic N) is 4. The number of halogens is 2. The molecule has 0 spiro atoms. The predicted octanol–water partition coefficient (Wildman–Crippen LogP) is 0.785. The van der Waals surface area contributed by atoms with Gasteiger partial charge in [0.05, 0.1) is 31.6 Å². The number of amides is 5. The van der Waals surface area contributed by atoms with E-state index in [0.29, 0.717) is 75.5 Å². The highest BCUT2D eigenvalue weighted by Crippen LogP contribution is 2.40. The number of likely N-dealkylation sites (tertiary alicyclic amines) is 1. The Morgan fingerprint density at radius 2 is 1.82 bits per heavy atom. The molecule has 348 valence electrons. The fraction of sp³-hybridized carbons (Fsp3) is 0.532. The molecule has 2 aromatic carbocycles. The third-order valence-electron chi connectivity index (χ3n) is 13.5. The van der Waals surface area contributed by atoms with Crippen LogP contribution in [0.5, 0.6) is 0 Å². The largest absolute Gasteiger partial charge is 0.624 e. The molecule has 5 heterocycles. The molecule has 0 aromatic heterocycles. The molecule has 16 nitrogen and oxygen atoms in total. The molecule has 0 radical (unpaired) electrons. The second-order valence-corrected chi connectivity index (χ2v) is 17.6. The molecule has 5 aliphatic rings. The van der Waals surface area contributed by atoms with Gasteiger partial charge in [0.25, 0.3) is 12.3 Å². The average Bonchev–Trinajstić information content (AvgIpc) is 3.56. The molecule has 2 aromatic rings. The van der Waals surface area contributed by atoms with Gasteiger partial charge in [-0.15, -0.1) is 5.92 Å². The number of hydroxylamine groups is 3. The number of rotatable bonds is 15. The summed E-state index contributed by atoms with van der Waals surface area (Å²) in [5.41, 5.74) is 5.69. The molecule has 2 fully saturated rings. The van der Waals surface area contributed by atoms with Crippen LogP contribution in [0.25, 0.3) is 0 Å². The minimum Gasteiger partial charge on any atom is -0.624 e. The van der Waals surface area contributed by atoms with E-state index in [-0.39, 0.29) is 66.9 Å². The van der Waals surface area contributed by atoms with Gasteiger partial charge in [0.1, 0.15) is 18.3 Å². The minimum atomic E-state index is -2.68. The molecular weight excluding hydrogens is 839 g/mol. The lowest BCUT2D eigenvalue weighted by atomic mass is 9.88. The number of hydrogen-bond acceptors (Lipinski definition) is 10. The lowest BCUT2D eigenvalue weighted by Crippen LogP contribution is -2.91. The molecule has 65 heavy (non-hydrogen) atoms. The Morgan fingerprint density at radius 1 is 1.03 bits per heavy atom. The van der Waals surface area contributed by atoms with E-state index in [2.05, 4.69) is 43.3 Å². The Kier molecular flexibility index (Phi) is 15.0. The van der Waals surface area contributed by atoms with Crippen LogP contribution < -0.4 is 36.9 Å². The number of fused-ring (bicyclic) bond motifs is 2. The number of carbonyl (C=O) groups is 5. The summed E-state index contributed by atoms with van der Waals surface area (Å²) in [6.07, 6.45) is 2.73. The lowest BCUT2D eigenvalue weighted by molar-refractivity contribution is -0.825. The fourth-order valence-electron chi connectivity index (χ4n) is 10.2. The van der Waals surface area contributed by atoms with Crippen LogP contribution in [0.15, 0.2) is 41.6 Å². The van der Waals surface area contributed by atoms with Gasteiger partial charge < -0.3 is 41.2 Å². The van der Waals surface area contributed by atoms with Gasteiger partial charge in [-0.1, -0.05) is 24.1 Å². The number of alkyl halides is 2. The SMILES string of the molecule is CNCC(C=[NH2+])c1cc2c(cc1C(F)F)N(C([NH2+]C)C1=C(NC3CCN(C(=O)CC#CCCNc4cccc5c4C(=O)[N+]([O-])(C4CCC(=O)NC4=O)C5)CC3)CCN(C(C)=O)C1)CCC2. The number of imide groups is 1. The molecule has 0 aliphatic carbocycles. The van der Waals surface area contributed by atoms with Crippen molar-refractivity contribution in [3.8, 4) is 11.8 Å². The highest BCUT2D eigenvalue weighted by Gasteiger charge is 2.50. The average molecular weight is 901 g/mol. The van der Waals surface area contributed by atoms with Crippen molar-refractivity contribution < 1.29 is 48.1 Å². The maximum absolute atomic E-state index is 14.7. The van der Waals surface area contributed by atoms with Crippen molar-refractivity contribution in [1.82, 2.24) is 25.8 Å². The van der Waals surface area contributed by atoms with Gasteiger partial charge in [-0.05, 0) is 56.0 Å². The zero-order valence-electron chi connectivity index (χ0n) is 37.5. The van der Waals surface area contributed by atoms with Gasteiger partial charge in [0.15, 0.2) is 12.2 Å². The Balaban J connectivity index is 0.951. The summed E-state index contributed by atoms with van der Waals surface area (Å²) in [5, 5.41) is 34.1. The minimum absolute atomic E-state index is 0.00791. The molecule has 4 atom stereocenters. The van der Waals surface area contributed by atoms with Gasteiger partial charge >= 0.3 is 5.91 Å². The van der Waals surface area contributed by atoms with Crippen LogP contribution in [0.2, 0.25) is 0 Å². The summed E-state index contributed by atoms with van der Waals surface area (Å²) in [5.74, 6) is 3.71. The number of nitrogens with one attached hydrogen (secondary N) is 4. The van der Waals surface area contributed by atoms with Crippen LogP contribution in [-0.2, 0) is 32.1 Å². The van der Waals surface area contributed by atoms with Crippen molar-refractivity contribution in [1.29, 1.82) is 0 Å². The number of quaternary nitrogens is 2. The number of piperidine rings is 2. The highest BCUT2D eigenvalue weighted by molar-refractivity contribution is 6.03. The second-order valence-electron chi connectivity index (χ2n) is 17.6. The number of likely N-dealkylation sites (N-methyl/N-ethyl adjacent to an activating group) is 2. The molecule has 18 heteroatoms. The first-order chi connectivity index (χ1) is 31.3. The third-order valence-corrected chi connectivity index (χ3v) is 13.5. The smallest absolute Gasteiger partial charge is 0.349 e. The summed E-state index contributed by atoms with van der Waals surface area (Å²) in [6.45, 7) is 4.99. The molecule has 2 saturated heterocycles. The zero-order valence-corrected chi connectivity index (χ0v) is 37.5. The van der Waals surface area contributed by atoms with E-state index in [9.17, 15) is 38.0 Å². The molecular formula is C47H62F2N10O6+2. The van der Waals surface area contributed by atoms with E-state index in [1.165, 1.54) is 6.21 Å². The zero-order chi connectivity index (χ0) is 46.4.